The van der Waals surface area contributed by atoms with Crippen LogP contribution in [0.25, 0.3) is 0 Å². The Kier molecular flexibility index (Phi) is 19.4. The summed E-state index contributed by atoms with van der Waals surface area (Å²) in [6.45, 7) is 1.94. The Bertz CT molecular complexity index is 1760. The number of aliphatic carboxylic acids is 2. The van der Waals surface area contributed by atoms with E-state index in [1.165, 1.54) is 0 Å². The topological polar surface area (TPSA) is 282 Å². The number of carboxylic acids is 2. The SMILES string of the molecule is NC(N)=NCCC[C@H](N)C(=O)NCCCCCCNC(=O)c1ccc(CN(C(=O)c2ccc3c(c2)OCC(=O)N3)C2CC2)cc1.O=C(O)C(F)(F)F.O=C(O)C(F)(F)F. The summed E-state index contributed by atoms with van der Waals surface area (Å²) in [6, 6.07) is 12.0. The molecule has 0 saturated heterocycles. The molecule has 1 heterocycles. The number of guanidine groups is 1. The Labute approximate surface area is 333 Å². The molecule has 0 radical (unpaired) electrons. The number of carbonyl (C=O) groups excluding carboxylic acids is 4. The number of amides is 4. The van der Waals surface area contributed by atoms with E-state index >= 15 is 0 Å². The van der Waals surface area contributed by atoms with Crippen LogP contribution in [0.5, 0.6) is 5.75 Å². The van der Waals surface area contributed by atoms with Crippen molar-refractivity contribution in [1.29, 1.82) is 0 Å². The second-order valence-electron chi connectivity index (χ2n) is 13.0. The number of benzene rings is 2. The molecule has 0 spiro atoms. The predicted octanol–water partition coefficient (Wildman–Crippen LogP) is 2.88. The maximum absolute atomic E-state index is 13.4. The first kappa shape index (κ1) is 49.0. The molecule has 11 N–H and O–H groups in total. The molecule has 0 aromatic heterocycles. The molecule has 1 atom stereocenters. The molecule has 23 heteroatoms. The van der Waals surface area contributed by atoms with Crippen molar-refractivity contribution in [3.05, 3.63) is 59.2 Å². The lowest BCUT2D eigenvalue weighted by molar-refractivity contribution is -0.193. The third kappa shape index (κ3) is 18.8. The number of rotatable bonds is 17. The van der Waals surface area contributed by atoms with Crippen molar-refractivity contribution in [1.82, 2.24) is 15.5 Å². The highest BCUT2D eigenvalue weighted by Crippen LogP contribution is 2.33. The van der Waals surface area contributed by atoms with Gasteiger partial charge in [0, 0.05) is 43.3 Å². The Morgan fingerprint density at radius 2 is 1.39 bits per heavy atom. The lowest BCUT2D eigenvalue weighted by atomic mass is 10.1. The predicted molar refractivity (Wildman–Crippen MR) is 199 cm³/mol. The third-order valence-corrected chi connectivity index (χ3v) is 8.16. The van der Waals surface area contributed by atoms with Crippen molar-refractivity contribution < 1.29 is 70.1 Å². The zero-order valence-corrected chi connectivity index (χ0v) is 31.5. The van der Waals surface area contributed by atoms with Crippen LogP contribution in [-0.2, 0) is 25.7 Å². The number of anilines is 1. The molecular weight excluding hydrogens is 802 g/mol. The van der Waals surface area contributed by atoms with Crippen LogP contribution in [0.2, 0.25) is 0 Å². The van der Waals surface area contributed by atoms with E-state index in [-0.39, 0.29) is 42.2 Å². The van der Waals surface area contributed by atoms with Crippen molar-refractivity contribution >= 4 is 47.2 Å². The van der Waals surface area contributed by atoms with Gasteiger partial charge in [-0.1, -0.05) is 25.0 Å². The summed E-state index contributed by atoms with van der Waals surface area (Å²) >= 11 is 0. The molecule has 2 aromatic rings. The fourth-order valence-corrected chi connectivity index (χ4v) is 4.99. The van der Waals surface area contributed by atoms with Crippen molar-refractivity contribution in [2.75, 3.05) is 31.6 Å². The van der Waals surface area contributed by atoms with E-state index in [0.717, 1.165) is 44.1 Å². The smallest absolute Gasteiger partial charge is 0.482 e. The molecule has 4 rings (SSSR count). The first-order valence-corrected chi connectivity index (χ1v) is 18.0. The molecule has 1 saturated carbocycles. The summed E-state index contributed by atoms with van der Waals surface area (Å²) in [5.74, 6) is -5.62. The molecule has 0 bridgehead atoms. The summed E-state index contributed by atoms with van der Waals surface area (Å²) in [5.41, 5.74) is 19.0. The average Bonchev–Trinajstić information content (AvgIpc) is 4.01. The van der Waals surface area contributed by atoms with Gasteiger partial charge < -0.3 is 53.0 Å². The number of nitrogens with one attached hydrogen (secondary N) is 3. The minimum atomic E-state index is -5.08. The fourth-order valence-electron chi connectivity index (χ4n) is 4.99. The van der Waals surface area contributed by atoms with Crippen LogP contribution in [0.3, 0.4) is 0 Å². The zero-order valence-electron chi connectivity index (χ0n) is 31.5. The van der Waals surface area contributed by atoms with E-state index in [1.807, 2.05) is 17.0 Å². The summed E-state index contributed by atoms with van der Waals surface area (Å²) < 4.78 is 69.0. The van der Waals surface area contributed by atoms with Gasteiger partial charge >= 0.3 is 24.3 Å². The minimum Gasteiger partial charge on any atom is -0.482 e. The number of alkyl halides is 6. The van der Waals surface area contributed by atoms with Gasteiger partial charge in [-0.2, -0.15) is 26.3 Å². The molecule has 1 fully saturated rings. The van der Waals surface area contributed by atoms with E-state index < -0.39 is 30.3 Å². The first-order chi connectivity index (χ1) is 27.6. The lowest BCUT2D eigenvalue weighted by Gasteiger charge is -2.24. The number of aliphatic imine (C=N–C) groups is 1. The van der Waals surface area contributed by atoms with Crippen LogP contribution in [0, 0.1) is 0 Å². The third-order valence-electron chi connectivity index (χ3n) is 8.16. The molecule has 2 aromatic carbocycles. The Balaban J connectivity index is 0.000000732. The summed E-state index contributed by atoms with van der Waals surface area (Å²) in [6.07, 6.45) is -3.59. The van der Waals surface area contributed by atoms with Gasteiger partial charge in [0.2, 0.25) is 5.91 Å². The highest BCUT2D eigenvalue weighted by Gasteiger charge is 2.39. The number of hydrogen-bond acceptors (Lipinski definition) is 9. The number of ether oxygens (including phenoxy) is 1. The maximum atomic E-state index is 13.4. The Morgan fingerprint density at radius 1 is 0.847 bits per heavy atom. The number of halogens is 6. The summed E-state index contributed by atoms with van der Waals surface area (Å²) in [4.78, 5) is 73.2. The highest BCUT2D eigenvalue weighted by atomic mass is 19.4. The number of unbranched alkanes of at least 4 members (excludes halogenated alkanes) is 3. The van der Waals surface area contributed by atoms with Crippen molar-refractivity contribution in [3.63, 3.8) is 0 Å². The van der Waals surface area contributed by atoms with E-state index in [9.17, 15) is 45.5 Å². The zero-order chi connectivity index (χ0) is 44.3. The van der Waals surface area contributed by atoms with Crippen molar-refractivity contribution in [2.24, 2.45) is 22.2 Å². The van der Waals surface area contributed by atoms with Gasteiger partial charge in [-0.15, -0.1) is 0 Å². The number of nitrogens with two attached hydrogens (primary N) is 3. The Morgan fingerprint density at radius 3 is 1.92 bits per heavy atom. The number of carbonyl (C=O) groups is 6. The van der Waals surface area contributed by atoms with Crippen LogP contribution >= 0.6 is 0 Å². The molecule has 4 amide bonds. The average molecular weight is 849 g/mol. The van der Waals surface area contributed by atoms with Crippen molar-refractivity contribution in [3.8, 4) is 5.75 Å². The van der Waals surface area contributed by atoms with Crippen LogP contribution in [0.4, 0.5) is 32.0 Å². The number of hydrogen-bond donors (Lipinski definition) is 8. The molecule has 59 heavy (non-hydrogen) atoms. The minimum absolute atomic E-state index is 0.0304. The fraction of sp³-hybridized carbons (Fsp3) is 0.472. The number of nitrogens with zero attached hydrogens (tertiary/aromatic N) is 2. The number of carboxylic acid groups (broad SMARTS) is 2. The van der Waals surface area contributed by atoms with Gasteiger partial charge in [-0.3, -0.25) is 24.2 Å². The molecule has 1 aliphatic heterocycles. The normalized spacial score (nSPS) is 13.6. The van der Waals surface area contributed by atoms with E-state index in [4.69, 9.17) is 41.7 Å². The quantitative estimate of drug-likeness (QED) is 0.0494. The monoisotopic (exact) mass is 848 g/mol. The molecule has 1 aliphatic carbocycles. The molecule has 2 aliphatic rings. The Hall–Kier alpha value is -6.13. The van der Waals surface area contributed by atoms with Crippen LogP contribution in [0.15, 0.2) is 47.5 Å². The molecule has 0 unspecified atom stereocenters. The van der Waals surface area contributed by atoms with Gasteiger partial charge in [-0.25, -0.2) is 9.59 Å². The summed E-state index contributed by atoms with van der Waals surface area (Å²) in [7, 11) is 0. The second kappa shape index (κ2) is 23.3. The highest BCUT2D eigenvalue weighted by molar-refractivity contribution is 5.99. The lowest BCUT2D eigenvalue weighted by Crippen LogP contribution is -2.41. The largest absolute Gasteiger partial charge is 0.490 e. The van der Waals surface area contributed by atoms with E-state index in [2.05, 4.69) is 20.9 Å². The maximum Gasteiger partial charge on any atom is 0.490 e. The van der Waals surface area contributed by atoms with Gasteiger partial charge in [0.25, 0.3) is 17.7 Å². The van der Waals surface area contributed by atoms with E-state index in [1.54, 1.807) is 30.3 Å². The van der Waals surface area contributed by atoms with Gasteiger partial charge in [-0.05, 0) is 74.4 Å². The van der Waals surface area contributed by atoms with Gasteiger partial charge in [0.1, 0.15) is 5.75 Å². The van der Waals surface area contributed by atoms with Gasteiger partial charge in [0.15, 0.2) is 12.6 Å². The first-order valence-electron chi connectivity index (χ1n) is 18.0. The van der Waals surface area contributed by atoms with Gasteiger partial charge in [0.05, 0.1) is 11.7 Å². The summed E-state index contributed by atoms with van der Waals surface area (Å²) in [5, 5.41) is 22.8. The molecule has 17 nitrogen and oxygen atoms in total. The van der Waals surface area contributed by atoms with Crippen LogP contribution < -0.4 is 37.9 Å². The van der Waals surface area contributed by atoms with Crippen molar-refractivity contribution in [2.45, 2.75) is 82.3 Å². The molecule has 326 valence electrons. The van der Waals surface area contributed by atoms with Crippen LogP contribution in [-0.4, -0.2) is 107 Å². The number of fused-ring (bicyclic) bond motifs is 1. The standard InChI is InChI=1S/C32H44N8O5.2C2HF3O2/c33-25(6-5-17-38-32(34)35)30(43)37-16-4-2-1-3-15-36-29(42)22-9-7-21(8-10-22)19-40(24-12-13-24)31(44)23-11-14-26-27(18-23)45-20-28(41)39-26;2*3-2(4,5)1(6)7/h7-11,14,18,24-25H,1-6,12-13,15-17,19-20,33H2,(H,36,42)(H,37,43)(H,39,41)(H4,34,35,38);2*(H,6,7)/t25-;;/m0../s1. The molecular formula is C36H46F6N8O9. The van der Waals surface area contributed by atoms with E-state index in [0.29, 0.717) is 61.6 Å². The van der Waals surface area contributed by atoms with Crippen LogP contribution in [0.1, 0.15) is 77.6 Å². The second-order valence-corrected chi connectivity index (χ2v) is 13.0.